The minimum Gasteiger partial charge on any atom is -0.493 e. The van der Waals surface area contributed by atoms with E-state index in [0.29, 0.717) is 17.3 Å². The molecule has 0 heterocycles. The summed E-state index contributed by atoms with van der Waals surface area (Å²) in [6.45, 7) is 1.56. The summed E-state index contributed by atoms with van der Waals surface area (Å²) in [7, 11) is 3.22. The molecular weight excluding hydrogens is 236 g/mol. The lowest BCUT2D eigenvalue weighted by atomic mass is 10.1. The van der Waals surface area contributed by atoms with Crippen molar-refractivity contribution in [2.45, 2.75) is 6.92 Å². The van der Waals surface area contributed by atoms with Gasteiger partial charge in [0.25, 0.3) is 0 Å². The number of benzene rings is 1. The van der Waals surface area contributed by atoms with E-state index in [0.717, 1.165) is 5.56 Å². The van der Waals surface area contributed by atoms with E-state index in [1.54, 1.807) is 21.1 Å². The lowest BCUT2D eigenvalue weighted by molar-refractivity contribution is -0.109. The fourth-order valence-electron chi connectivity index (χ4n) is 1.38. The molecule has 4 heteroatoms. The molecule has 1 rings (SSSR count). The predicted molar refractivity (Wildman–Crippen MR) is 71.7 cm³/mol. The Labute approximate surface area is 106 Å². The number of hydrogen-bond acceptors (Lipinski definition) is 4. The minimum absolute atomic E-state index is 0.118. The Morgan fingerprint density at radius 3 is 2.71 bits per heavy atom. The summed E-state index contributed by atoms with van der Waals surface area (Å²) in [4.78, 5) is 10.8. The second kappa shape index (κ2) is 7.01. The summed E-state index contributed by atoms with van der Waals surface area (Å²) in [5, 5.41) is 0.118. The first-order valence-corrected chi connectivity index (χ1v) is 6.18. The molecule has 0 unspecified atom stereocenters. The molecule has 0 atom stereocenters. The number of methoxy groups -OCH3 is 2. The van der Waals surface area contributed by atoms with E-state index in [1.165, 1.54) is 11.8 Å². The maximum Gasteiger partial charge on any atom is 0.186 e. The van der Waals surface area contributed by atoms with Crippen molar-refractivity contribution < 1.29 is 14.3 Å². The third-order valence-electron chi connectivity index (χ3n) is 2.11. The number of para-hydroxylation sites is 1. The fourth-order valence-corrected chi connectivity index (χ4v) is 1.81. The Morgan fingerprint density at radius 1 is 1.35 bits per heavy atom. The highest BCUT2D eigenvalue weighted by Gasteiger charge is 2.06. The maximum absolute atomic E-state index is 10.8. The molecule has 3 nitrogen and oxygen atoms in total. The van der Waals surface area contributed by atoms with Crippen LogP contribution in [0.3, 0.4) is 0 Å². The zero-order valence-electron chi connectivity index (χ0n) is 10.2. The lowest BCUT2D eigenvalue weighted by Crippen LogP contribution is -1.92. The Hall–Kier alpha value is -1.42. The van der Waals surface area contributed by atoms with Crippen LogP contribution < -0.4 is 9.47 Å². The summed E-state index contributed by atoms with van der Waals surface area (Å²) in [5.41, 5.74) is 0.941. The molecule has 0 radical (unpaired) electrons. The van der Waals surface area contributed by atoms with Gasteiger partial charge in [-0.15, -0.1) is 0 Å². The topological polar surface area (TPSA) is 35.5 Å². The van der Waals surface area contributed by atoms with Gasteiger partial charge in [-0.25, -0.2) is 0 Å². The van der Waals surface area contributed by atoms with Crippen LogP contribution in [-0.2, 0) is 4.79 Å². The van der Waals surface area contributed by atoms with Crippen LogP contribution in [-0.4, -0.2) is 25.1 Å². The van der Waals surface area contributed by atoms with Gasteiger partial charge in [-0.3, -0.25) is 4.79 Å². The zero-order valence-corrected chi connectivity index (χ0v) is 11.0. The summed E-state index contributed by atoms with van der Waals surface area (Å²) in [6.07, 6.45) is 3.86. The normalized spacial score (nSPS) is 10.5. The smallest absolute Gasteiger partial charge is 0.186 e. The van der Waals surface area contributed by atoms with Gasteiger partial charge in [-0.1, -0.05) is 36.0 Å². The second-order valence-electron chi connectivity index (χ2n) is 3.29. The van der Waals surface area contributed by atoms with E-state index < -0.39 is 0 Å². The van der Waals surface area contributed by atoms with Crippen LogP contribution in [0.2, 0.25) is 0 Å². The number of ether oxygens (including phenoxy) is 2. The quantitative estimate of drug-likeness (QED) is 0.807. The van der Waals surface area contributed by atoms with Crippen molar-refractivity contribution >= 4 is 23.0 Å². The van der Waals surface area contributed by atoms with E-state index in [1.807, 2.05) is 30.4 Å². The molecule has 92 valence electrons. The van der Waals surface area contributed by atoms with Crippen molar-refractivity contribution in [1.29, 1.82) is 0 Å². The molecule has 0 saturated carbocycles. The SMILES string of the molecule is COc1cccc(C=CCSC(C)=O)c1OC. The number of hydrogen-bond donors (Lipinski definition) is 0. The molecule has 0 aliphatic heterocycles. The third-order valence-corrected chi connectivity index (χ3v) is 2.88. The van der Waals surface area contributed by atoms with Gasteiger partial charge in [0.1, 0.15) is 0 Å². The number of rotatable bonds is 5. The van der Waals surface area contributed by atoms with Crippen LogP contribution in [0, 0.1) is 0 Å². The van der Waals surface area contributed by atoms with E-state index >= 15 is 0 Å². The molecule has 1 aromatic rings. The predicted octanol–water partition coefficient (Wildman–Crippen LogP) is 3.00. The monoisotopic (exact) mass is 252 g/mol. The average Bonchev–Trinajstić information content (AvgIpc) is 2.33. The maximum atomic E-state index is 10.8. The molecule has 0 aliphatic rings. The number of thioether (sulfide) groups is 1. The first-order chi connectivity index (χ1) is 8.19. The fraction of sp³-hybridized carbons (Fsp3) is 0.308. The molecule has 0 aromatic heterocycles. The van der Waals surface area contributed by atoms with Gasteiger partial charge in [0.05, 0.1) is 14.2 Å². The van der Waals surface area contributed by atoms with Crippen molar-refractivity contribution in [2.24, 2.45) is 0 Å². The summed E-state index contributed by atoms with van der Waals surface area (Å²) >= 11 is 1.28. The van der Waals surface area contributed by atoms with Crippen molar-refractivity contribution in [3.63, 3.8) is 0 Å². The van der Waals surface area contributed by atoms with Gasteiger partial charge in [0, 0.05) is 18.2 Å². The van der Waals surface area contributed by atoms with Crippen molar-refractivity contribution in [3.8, 4) is 11.5 Å². The largest absolute Gasteiger partial charge is 0.493 e. The van der Waals surface area contributed by atoms with Crippen molar-refractivity contribution in [2.75, 3.05) is 20.0 Å². The highest BCUT2D eigenvalue weighted by molar-refractivity contribution is 8.13. The number of carbonyl (C=O) groups excluding carboxylic acids is 1. The highest BCUT2D eigenvalue weighted by atomic mass is 32.2. The van der Waals surface area contributed by atoms with Gasteiger partial charge in [0.15, 0.2) is 16.6 Å². The van der Waals surface area contributed by atoms with Gasteiger partial charge in [-0.05, 0) is 6.07 Å². The van der Waals surface area contributed by atoms with Crippen molar-refractivity contribution in [3.05, 3.63) is 29.8 Å². The first-order valence-electron chi connectivity index (χ1n) is 5.20. The van der Waals surface area contributed by atoms with Crippen LogP contribution >= 0.6 is 11.8 Å². The molecule has 17 heavy (non-hydrogen) atoms. The molecule has 0 saturated heterocycles. The van der Waals surface area contributed by atoms with E-state index in [-0.39, 0.29) is 5.12 Å². The molecular formula is C13H16O3S. The van der Waals surface area contributed by atoms with Crippen LogP contribution in [0.1, 0.15) is 12.5 Å². The Morgan fingerprint density at radius 2 is 2.12 bits per heavy atom. The van der Waals surface area contributed by atoms with Gasteiger partial charge >= 0.3 is 0 Å². The average molecular weight is 252 g/mol. The summed E-state index contributed by atoms with van der Waals surface area (Å²) in [5.74, 6) is 2.07. The second-order valence-corrected chi connectivity index (χ2v) is 4.48. The molecule has 0 spiro atoms. The highest BCUT2D eigenvalue weighted by Crippen LogP contribution is 2.31. The molecule has 0 amide bonds. The number of carbonyl (C=O) groups is 1. The third kappa shape index (κ3) is 4.15. The van der Waals surface area contributed by atoms with Crippen LogP contribution in [0.5, 0.6) is 11.5 Å². The van der Waals surface area contributed by atoms with Gasteiger partial charge in [-0.2, -0.15) is 0 Å². The Bertz CT molecular complexity index is 413. The van der Waals surface area contributed by atoms with E-state index in [2.05, 4.69) is 0 Å². The molecule has 1 aromatic carbocycles. The van der Waals surface area contributed by atoms with E-state index in [4.69, 9.17) is 9.47 Å². The van der Waals surface area contributed by atoms with Crippen LogP contribution in [0.15, 0.2) is 24.3 Å². The standard InChI is InChI=1S/C13H16O3S/c1-10(14)17-9-5-7-11-6-4-8-12(15-2)13(11)16-3/h4-8H,9H2,1-3H3. The first kappa shape index (κ1) is 13.6. The Balaban J connectivity index is 2.79. The van der Waals surface area contributed by atoms with Gasteiger partial charge in [0.2, 0.25) is 0 Å². The Kier molecular flexibility index (Phi) is 5.63. The molecule has 0 fully saturated rings. The molecule has 0 N–H and O–H groups in total. The lowest BCUT2D eigenvalue weighted by Gasteiger charge is -2.09. The minimum atomic E-state index is 0.118. The zero-order chi connectivity index (χ0) is 12.7. The van der Waals surface area contributed by atoms with Crippen LogP contribution in [0.4, 0.5) is 0 Å². The van der Waals surface area contributed by atoms with Crippen LogP contribution in [0.25, 0.3) is 6.08 Å². The van der Waals surface area contributed by atoms with E-state index in [9.17, 15) is 4.79 Å². The molecule has 0 bridgehead atoms. The molecule has 0 aliphatic carbocycles. The van der Waals surface area contributed by atoms with Crippen molar-refractivity contribution in [1.82, 2.24) is 0 Å². The summed E-state index contributed by atoms with van der Waals surface area (Å²) < 4.78 is 10.5. The van der Waals surface area contributed by atoms with Gasteiger partial charge < -0.3 is 9.47 Å². The summed E-state index contributed by atoms with van der Waals surface area (Å²) in [6, 6.07) is 5.69.